The number of hydrogen-bond acceptors (Lipinski definition) is 4. The van der Waals surface area contributed by atoms with Crippen molar-refractivity contribution in [3.63, 3.8) is 0 Å². The van der Waals surface area contributed by atoms with E-state index < -0.39 is 0 Å². The minimum atomic E-state index is -0.0743. The molecule has 1 aromatic rings. The Balaban J connectivity index is 2.82. The number of H-pyrrole nitrogens is 1. The Morgan fingerprint density at radius 2 is 2.31 bits per heavy atom. The van der Waals surface area contributed by atoms with Crippen LogP contribution < -0.4 is 5.56 Å². The Morgan fingerprint density at radius 3 is 2.94 bits per heavy atom. The van der Waals surface area contributed by atoms with E-state index >= 15 is 0 Å². The van der Waals surface area contributed by atoms with Crippen molar-refractivity contribution in [2.75, 3.05) is 12.9 Å². The standard InChI is InChI=1S/C10H15IN2O2S/c1-3-4-16-6-8-12-7(5-15-2)9(11)10(14)13-8/h3-6H2,1-2H3,(H,12,13,14). The maximum atomic E-state index is 11.6. The zero-order valence-electron chi connectivity index (χ0n) is 9.38. The second-order valence-electron chi connectivity index (χ2n) is 3.26. The van der Waals surface area contributed by atoms with E-state index in [0.717, 1.165) is 29.4 Å². The third-order valence-electron chi connectivity index (χ3n) is 1.85. The van der Waals surface area contributed by atoms with Gasteiger partial charge in [0.1, 0.15) is 9.39 Å². The maximum Gasteiger partial charge on any atom is 0.264 e. The van der Waals surface area contributed by atoms with Crippen LogP contribution in [0.25, 0.3) is 0 Å². The molecule has 0 radical (unpaired) electrons. The monoisotopic (exact) mass is 354 g/mol. The zero-order valence-corrected chi connectivity index (χ0v) is 12.4. The molecule has 4 nitrogen and oxygen atoms in total. The summed E-state index contributed by atoms with van der Waals surface area (Å²) in [5.41, 5.74) is 0.647. The van der Waals surface area contributed by atoms with Crippen molar-refractivity contribution >= 4 is 34.4 Å². The third-order valence-corrected chi connectivity index (χ3v) is 4.14. The van der Waals surface area contributed by atoms with Crippen molar-refractivity contribution in [1.29, 1.82) is 0 Å². The molecule has 0 atom stereocenters. The lowest BCUT2D eigenvalue weighted by molar-refractivity contribution is 0.180. The lowest BCUT2D eigenvalue weighted by Gasteiger charge is -2.05. The third kappa shape index (κ3) is 4.06. The quantitative estimate of drug-likeness (QED) is 0.628. The van der Waals surface area contributed by atoms with E-state index in [2.05, 4.69) is 16.9 Å². The molecule has 0 amide bonds. The highest BCUT2D eigenvalue weighted by Crippen LogP contribution is 2.11. The van der Waals surface area contributed by atoms with Crippen LogP contribution in [0.15, 0.2) is 4.79 Å². The van der Waals surface area contributed by atoms with Gasteiger partial charge >= 0.3 is 0 Å². The minimum Gasteiger partial charge on any atom is -0.378 e. The summed E-state index contributed by atoms with van der Waals surface area (Å²) in [6.45, 7) is 2.51. The van der Waals surface area contributed by atoms with Gasteiger partial charge < -0.3 is 9.72 Å². The lowest BCUT2D eigenvalue weighted by Crippen LogP contribution is -2.18. The van der Waals surface area contributed by atoms with Gasteiger partial charge in [-0.05, 0) is 34.8 Å². The van der Waals surface area contributed by atoms with Gasteiger partial charge in [0, 0.05) is 7.11 Å². The number of rotatable bonds is 6. The van der Waals surface area contributed by atoms with Crippen LogP contribution in [0.1, 0.15) is 24.9 Å². The van der Waals surface area contributed by atoms with Gasteiger partial charge in [-0.15, -0.1) is 0 Å². The van der Waals surface area contributed by atoms with Crippen LogP contribution in [-0.4, -0.2) is 22.8 Å². The molecule has 6 heteroatoms. The zero-order chi connectivity index (χ0) is 12.0. The summed E-state index contributed by atoms with van der Waals surface area (Å²) < 4.78 is 5.63. The van der Waals surface area contributed by atoms with Crippen LogP contribution in [0.2, 0.25) is 0 Å². The number of aromatic nitrogens is 2. The Bertz CT molecular complexity index is 395. The first-order chi connectivity index (χ1) is 7.69. The molecule has 0 saturated carbocycles. The number of ether oxygens (including phenoxy) is 1. The Hall–Kier alpha value is -0.0800. The molecule has 0 aliphatic heterocycles. The van der Waals surface area contributed by atoms with Gasteiger partial charge in [0.15, 0.2) is 0 Å². The Labute approximate surface area is 113 Å². The van der Waals surface area contributed by atoms with Crippen LogP contribution in [-0.2, 0) is 17.1 Å². The van der Waals surface area contributed by atoms with E-state index in [9.17, 15) is 4.79 Å². The van der Waals surface area contributed by atoms with Crippen molar-refractivity contribution in [3.05, 3.63) is 25.4 Å². The molecule has 1 rings (SSSR count). The second-order valence-corrected chi connectivity index (χ2v) is 5.44. The van der Waals surface area contributed by atoms with E-state index in [1.165, 1.54) is 0 Å². The number of aromatic amines is 1. The Morgan fingerprint density at radius 1 is 1.56 bits per heavy atom. The first-order valence-electron chi connectivity index (χ1n) is 5.03. The van der Waals surface area contributed by atoms with E-state index in [1.807, 2.05) is 22.6 Å². The van der Waals surface area contributed by atoms with E-state index in [1.54, 1.807) is 18.9 Å². The average molecular weight is 354 g/mol. The van der Waals surface area contributed by atoms with Crippen LogP contribution in [0.3, 0.4) is 0 Å². The first kappa shape index (κ1) is 14.0. The summed E-state index contributed by atoms with van der Waals surface area (Å²) in [5.74, 6) is 2.56. The molecule has 1 N–H and O–H groups in total. The van der Waals surface area contributed by atoms with Gasteiger partial charge in [0.25, 0.3) is 5.56 Å². The van der Waals surface area contributed by atoms with Gasteiger partial charge in [-0.3, -0.25) is 4.79 Å². The van der Waals surface area contributed by atoms with Gasteiger partial charge in [-0.25, -0.2) is 4.98 Å². The van der Waals surface area contributed by atoms with Crippen molar-refractivity contribution in [2.45, 2.75) is 25.7 Å². The minimum absolute atomic E-state index is 0.0743. The largest absolute Gasteiger partial charge is 0.378 e. The van der Waals surface area contributed by atoms with Crippen LogP contribution in [0.5, 0.6) is 0 Å². The van der Waals surface area contributed by atoms with Gasteiger partial charge in [0.05, 0.1) is 18.1 Å². The molecule has 0 unspecified atom stereocenters. The predicted octanol–water partition coefficient (Wildman–Crippen LogP) is 2.16. The molecule has 16 heavy (non-hydrogen) atoms. The van der Waals surface area contributed by atoms with Gasteiger partial charge in [0.2, 0.25) is 0 Å². The summed E-state index contributed by atoms with van der Waals surface area (Å²) in [4.78, 5) is 18.8. The maximum absolute atomic E-state index is 11.6. The average Bonchev–Trinajstić information content (AvgIpc) is 2.26. The Kier molecular flexibility index (Phi) is 6.37. The lowest BCUT2D eigenvalue weighted by atomic mass is 10.4. The predicted molar refractivity (Wildman–Crippen MR) is 74.7 cm³/mol. The number of nitrogens with one attached hydrogen (secondary N) is 1. The SMILES string of the molecule is CCCSCc1nc(COC)c(I)c(=O)[nH]1. The first-order valence-corrected chi connectivity index (χ1v) is 7.26. The summed E-state index contributed by atoms with van der Waals surface area (Å²) in [7, 11) is 1.60. The molecular formula is C10H15IN2O2S. The number of nitrogens with zero attached hydrogens (tertiary/aromatic N) is 1. The molecule has 0 aliphatic carbocycles. The normalized spacial score (nSPS) is 10.7. The smallest absolute Gasteiger partial charge is 0.264 e. The summed E-state index contributed by atoms with van der Waals surface area (Å²) >= 11 is 3.77. The van der Waals surface area contributed by atoms with E-state index in [0.29, 0.717) is 10.2 Å². The molecule has 1 heterocycles. The summed E-state index contributed by atoms with van der Waals surface area (Å²) in [5, 5.41) is 0. The molecule has 0 saturated heterocycles. The van der Waals surface area contributed by atoms with E-state index in [-0.39, 0.29) is 5.56 Å². The topological polar surface area (TPSA) is 55.0 Å². The number of methoxy groups -OCH3 is 1. The molecule has 1 aromatic heterocycles. The fourth-order valence-corrected chi connectivity index (χ4v) is 2.35. The number of thioether (sulfide) groups is 1. The fourth-order valence-electron chi connectivity index (χ4n) is 1.17. The van der Waals surface area contributed by atoms with E-state index in [4.69, 9.17) is 4.74 Å². The van der Waals surface area contributed by atoms with Crippen molar-refractivity contribution in [3.8, 4) is 0 Å². The molecule has 0 fully saturated rings. The summed E-state index contributed by atoms with van der Waals surface area (Å²) in [6.07, 6.45) is 1.13. The van der Waals surface area contributed by atoms with Gasteiger partial charge in [-0.1, -0.05) is 6.92 Å². The van der Waals surface area contributed by atoms with Crippen molar-refractivity contribution in [2.24, 2.45) is 0 Å². The fraction of sp³-hybridized carbons (Fsp3) is 0.600. The van der Waals surface area contributed by atoms with Crippen LogP contribution in [0.4, 0.5) is 0 Å². The second kappa shape index (κ2) is 7.29. The van der Waals surface area contributed by atoms with Crippen molar-refractivity contribution < 1.29 is 4.74 Å². The molecule has 90 valence electrons. The molecule has 0 bridgehead atoms. The van der Waals surface area contributed by atoms with Crippen LogP contribution >= 0.6 is 34.4 Å². The molecule has 0 aliphatic rings. The highest BCUT2D eigenvalue weighted by Gasteiger charge is 2.08. The summed E-state index contributed by atoms with van der Waals surface area (Å²) in [6, 6.07) is 0. The van der Waals surface area contributed by atoms with Crippen molar-refractivity contribution in [1.82, 2.24) is 9.97 Å². The molecule has 0 spiro atoms. The number of hydrogen-bond donors (Lipinski definition) is 1. The highest BCUT2D eigenvalue weighted by molar-refractivity contribution is 14.1. The molecule has 0 aromatic carbocycles. The number of halogens is 1. The van der Waals surface area contributed by atoms with Crippen LogP contribution in [0, 0.1) is 3.57 Å². The van der Waals surface area contributed by atoms with Gasteiger partial charge in [-0.2, -0.15) is 11.8 Å². The molecular weight excluding hydrogens is 339 g/mol. The highest BCUT2D eigenvalue weighted by atomic mass is 127.